The molecule has 1 aromatic carbocycles. The summed E-state index contributed by atoms with van der Waals surface area (Å²) in [7, 11) is 3.35. The van der Waals surface area contributed by atoms with E-state index >= 15 is 0 Å². The Labute approximate surface area is 96.8 Å². The summed E-state index contributed by atoms with van der Waals surface area (Å²) in [5, 5.41) is 3.53. The first kappa shape index (κ1) is 11.3. The van der Waals surface area contributed by atoms with Crippen molar-refractivity contribution in [2.75, 3.05) is 14.2 Å². The van der Waals surface area contributed by atoms with Crippen molar-refractivity contribution in [2.24, 2.45) is 0 Å². The molecule has 2 atom stereocenters. The molecule has 0 saturated carbocycles. The summed E-state index contributed by atoms with van der Waals surface area (Å²) in [5.41, 5.74) is 2.67. The number of nitrogens with one attached hydrogen (secondary N) is 1. The fourth-order valence-corrected chi connectivity index (χ4v) is 2.42. The summed E-state index contributed by atoms with van der Waals surface area (Å²) < 4.78 is 10.7. The van der Waals surface area contributed by atoms with Crippen LogP contribution in [0.3, 0.4) is 0 Å². The van der Waals surface area contributed by atoms with Crippen LogP contribution in [0, 0.1) is 0 Å². The predicted octanol–water partition coefficient (Wildman–Crippen LogP) is 2.30. The van der Waals surface area contributed by atoms with Gasteiger partial charge in [-0.05, 0) is 43.5 Å². The summed E-state index contributed by atoms with van der Waals surface area (Å²) in [6, 6.07) is 5.07. The SMILES string of the molecule is COc1cc2c(cc1OC)C(C)NC(C)C2. The van der Waals surface area contributed by atoms with Crippen LogP contribution in [0.4, 0.5) is 0 Å². The Bertz CT molecular complexity index is 390. The van der Waals surface area contributed by atoms with E-state index in [0.29, 0.717) is 12.1 Å². The lowest BCUT2D eigenvalue weighted by molar-refractivity contribution is 0.350. The van der Waals surface area contributed by atoms with E-state index in [-0.39, 0.29) is 0 Å². The van der Waals surface area contributed by atoms with Gasteiger partial charge in [-0.1, -0.05) is 0 Å². The molecule has 3 nitrogen and oxygen atoms in total. The second-order valence-corrected chi connectivity index (χ2v) is 4.40. The predicted molar refractivity (Wildman–Crippen MR) is 64.3 cm³/mol. The van der Waals surface area contributed by atoms with Crippen LogP contribution in [0.1, 0.15) is 31.0 Å². The zero-order chi connectivity index (χ0) is 11.7. The van der Waals surface area contributed by atoms with Crippen molar-refractivity contribution in [3.63, 3.8) is 0 Å². The molecule has 2 rings (SSSR count). The topological polar surface area (TPSA) is 30.5 Å². The molecule has 1 aliphatic rings. The molecule has 0 radical (unpaired) electrons. The van der Waals surface area contributed by atoms with E-state index < -0.39 is 0 Å². The monoisotopic (exact) mass is 221 g/mol. The Morgan fingerprint density at radius 1 is 1.12 bits per heavy atom. The van der Waals surface area contributed by atoms with Crippen LogP contribution in [-0.2, 0) is 6.42 Å². The molecule has 0 saturated heterocycles. The highest BCUT2D eigenvalue weighted by Crippen LogP contribution is 2.35. The lowest BCUT2D eigenvalue weighted by atomic mass is 9.91. The Balaban J connectivity index is 2.47. The Morgan fingerprint density at radius 2 is 1.75 bits per heavy atom. The van der Waals surface area contributed by atoms with Crippen LogP contribution in [0.15, 0.2) is 12.1 Å². The van der Waals surface area contributed by atoms with Crippen LogP contribution < -0.4 is 14.8 Å². The van der Waals surface area contributed by atoms with E-state index in [9.17, 15) is 0 Å². The number of methoxy groups -OCH3 is 2. The minimum absolute atomic E-state index is 0.374. The fourth-order valence-electron chi connectivity index (χ4n) is 2.42. The Morgan fingerprint density at radius 3 is 2.38 bits per heavy atom. The van der Waals surface area contributed by atoms with Gasteiger partial charge in [-0.3, -0.25) is 0 Å². The second kappa shape index (κ2) is 4.34. The molecule has 88 valence electrons. The van der Waals surface area contributed by atoms with Gasteiger partial charge in [-0.15, -0.1) is 0 Å². The van der Waals surface area contributed by atoms with E-state index in [1.165, 1.54) is 11.1 Å². The number of fused-ring (bicyclic) bond motifs is 1. The molecule has 1 heterocycles. The average Bonchev–Trinajstić information content (AvgIpc) is 2.27. The van der Waals surface area contributed by atoms with Crippen molar-refractivity contribution in [3.05, 3.63) is 23.3 Å². The highest BCUT2D eigenvalue weighted by atomic mass is 16.5. The molecule has 2 unspecified atom stereocenters. The molecule has 0 amide bonds. The minimum Gasteiger partial charge on any atom is -0.493 e. The molecule has 3 heteroatoms. The van der Waals surface area contributed by atoms with Gasteiger partial charge < -0.3 is 14.8 Å². The zero-order valence-electron chi connectivity index (χ0n) is 10.3. The van der Waals surface area contributed by atoms with E-state index in [1.54, 1.807) is 14.2 Å². The highest BCUT2D eigenvalue weighted by molar-refractivity contribution is 5.49. The van der Waals surface area contributed by atoms with Gasteiger partial charge in [0.15, 0.2) is 11.5 Å². The number of hydrogen-bond acceptors (Lipinski definition) is 3. The maximum atomic E-state index is 5.33. The lowest BCUT2D eigenvalue weighted by Crippen LogP contribution is -2.35. The van der Waals surface area contributed by atoms with Crippen LogP contribution in [0.25, 0.3) is 0 Å². The summed E-state index contributed by atoms with van der Waals surface area (Å²) in [5.74, 6) is 1.63. The quantitative estimate of drug-likeness (QED) is 0.831. The van der Waals surface area contributed by atoms with E-state index in [4.69, 9.17) is 9.47 Å². The maximum Gasteiger partial charge on any atom is 0.161 e. The van der Waals surface area contributed by atoms with Crippen molar-refractivity contribution in [1.29, 1.82) is 0 Å². The van der Waals surface area contributed by atoms with Crippen LogP contribution in [0.2, 0.25) is 0 Å². The van der Waals surface area contributed by atoms with Gasteiger partial charge in [0.05, 0.1) is 14.2 Å². The standard InChI is InChI=1S/C13H19NO2/c1-8-5-10-6-12(15-3)13(16-4)7-11(10)9(2)14-8/h6-9,14H,5H2,1-4H3. The molecular weight excluding hydrogens is 202 g/mol. The third-order valence-corrected chi connectivity index (χ3v) is 3.17. The van der Waals surface area contributed by atoms with E-state index in [1.807, 2.05) is 0 Å². The smallest absolute Gasteiger partial charge is 0.161 e. The number of benzene rings is 1. The molecule has 0 spiro atoms. The zero-order valence-corrected chi connectivity index (χ0v) is 10.3. The third kappa shape index (κ3) is 1.87. The second-order valence-electron chi connectivity index (χ2n) is 4.40. The fraction of sp³-hybridized carbons (Fsp3) is 0.538. The molecular formula is C13H19NO2. The maximum absolute atomic E-state index is 5.33. The van der Waals surface area contributed by atoms with E-state index in [2.05, 4.69) is 31.3 Å². The first-order valence-electron chi connectivity index (χ1n) is 5.66. The van der Waals surface area contributed by atoms with Gasteiger partial charge in [-0.2, -0.15) is 0 Å². The number of rotatable bonds is 2. The van der Waals surface area contributed by atoms with Crippen molar-refractivity contribution in [2.45, 2.75) is 32.4 Å². The van der Waals surface area contributed by atoms with Gasteiger partial charge in [0, 0.05) is 12.1 Å². The Kier molecular flexibility index (Phi) is 3.06. The van der Waals surface area contributed by atoms with Crippen molar-refractivity contribution < 1.29 is 9.47 Å². The van der Waals surface area contributed by atoms with Gasteiger partial charge in [0.25, 0.3) is 0 Å². The van der Waals surface area contributed by atoms with Gasteiger partial charge in [-0.25, -0.2) is 0 Å². The Hall–Kier alpha value is -1.22. The van der Waals surface area contributed by atoms with Crippen molar-refractivity contribution >= 4 is 0 Å². The summed E-state index contributed by atoms with van der Waals surface area (Å²) in [4.78, 5) is 0. The van der Waals surface area contributed by atoms with E-state index in [0.717, 1.165) is 17.9 Å². The van der Waals surface area contributed by atoms with Crippen LogP contribution in [0.5, 0.6) is 11.5 Å². The van der Waals surface area contributed by atoms with Crippen LogP contribution in [-0.4, -0.2) is 20.3 Å². The lowest BCUT2D eigenvalue weighted by Gasteiger charge is -2.30. The van der Waals surface area contributed by atoms with Crippen LogP contribution >= 0.6 is 0 Å². The van der Waals surface area contributed by atoms with Gasteiger partial charge >= 0.3 is 0 Å². The van der Waals surface area contributed by atoms with Gasteiger partial charge in [0.1, 0.15) is 0 Å². The van der Waals surface area contributed by atoms with Crippen molar-refractivity contribution in [1.82, 2.24) is 5.32 Å². The van der Waals surface area contributed by atoms with Crippen molar-refractivity contribution in [3.8, 4) is 11.5 Å². The summed E-state index contributed by atoms with van der Waals surface area (Å²) >= 11 is 0. The summed E-state index contributed by atoms with van der Waals surface area (Å²) in [6.45, 7) is 4.39. The molecule has 0 fully saturated rings. The minimum atomic E-state index is 0.374. The molecule has 0 aromatic heterocycles. The summed E-state index contributed by atoms with van der Waals surface area (Å²) in [6.07, 6.45) is 1.04. The molecule has 16 heavy (non-hydrogen) atoms. The average molecular weight is 221 g/mol. The molecule has 1 aromatic rings. The molecule has 0 bridgehead atoms. The molecule has 1 N–H and O–H groups in total. The first-order valence-corrected chi connectivity index (χ1v) is 5.66. The number of hydrogen-bond donors (Lipinski definition) is 1. The largest absolute Gasteiger partial charge is 0.493 e. The highest BCUT2D eigenvalue weighted by Gasteiger charge is 2.22. The molecule has 0 aliphatic carbocycles. The first-order chi connectivity index (χ1) is 7.65. The number of ether oxygens (including phenoxy) is 2. The van der Waals surface area contributed by atoms with Gasteiger partial charge in [0.2, 0.25) is 0 Å². The normalized spacial score (nSPS) is 23.8. The third-order valence-electron chi connectivity index (χ3n) is 3.17. The molecule has 1 aliphatic heterocycles.